The highest BCUT2D eigenvalue weighted by Gasteiger charge is 2.22. The van der Waals surface area contributed by atoms with E-state index in [0.717, 1.165) is 5.25 Å². The van der Waals surface area contributed by atoms with Crippen LogP contribution in [0.5, 0.6) is 0 Å². The Morgan fingerprint density at radius 2 is 1.86 bits per heavy atom. The number of thioether (sulfide) groups is 1. The van der Waals surface area contributed by atoms with Crippen LogP contribution in [0.1, 0.15) is 5.56 Å². The van der Waals surface area contributed by atoms with Gasteiger partial charge in [-0.15, -0.1) is 0 Å². The lowest BCUT2D eigenvalue weighted by atomic mass is 10.0. The Morgan fingerprint density at radius 3 is 2.71 bits per heavy atom. The minimum atomic E-state index is 0.890. The van der Waals surface area contributed by atoms with Crippen molar-refractivity contribution < 1.29 is 0 Å². The van der Waals surface area contributed by atoms with Crippen LogP contribution >= 0.6 is 11.8 Å². The topological polar surface area (TPSA) is 0 Å². The van der Waals surface area contributed by atoms with Gasteiger partial charge in [-0.05, 0) is 22.8 Å². The first-order chi connectivity index (χ1) is 6.93. The average Bonchev–Trinajstić information content (AvgIpc) is 3.03. The van der Waals surface area contributed by atoms with Crippen LogP contribution in [0.2, 0.25) is 0 Å². The van der Waals surface area contributed by atoms with Crippen LogP contribution in [0.15, 0.2) is 42.5 Å². The Kier molecular flexibility index (Phi) is 1.98. The van der Waals surface area contributed by atoms with Gasteiger partial charge < -0.3 is 0 Å². The second kappa shape index (κ2) is 3.32. The molecule has 0 aliphatic carbocycles. The Balaban J connectivity index is 2.11. The van der Waals surface area contributed by atoms with E-state index < -0.39 is 0 Å². The lowest BCUT2D eigenvalue weighted by Gasteiger charge is -2.04. The van der Waals surface area contributed by atoms with E-state index in [-0.39, 0.29) is 0 Å². The zero-order valence-corrected chi connectivity index (χ0v) is 8.76. The zero-order valence-electron chi connectivity index (χ0n) is 7.94. The minimum absolute atomic E-state index is 0.890. The summed E-state index contributed by atoms with van der Waals surface area (Å²) >= 11 is 2.07. The van der Waals surface area contributed by atoms with Crippen molar-refractivity contribution in [2.24, 2.45) is 0 Å². The molecule has 1 fully saturated rings. The first kappa shape index (κ1) is 8.37. The third kappa shape index (κ3) is 1.53. The summed E-state index contributed by atoms with van der Waals surface area (Å²) < 4.78 is 0. The highest BCUT2D eigenvalue weighted by Crippen LogP contribution is 2.34. The molecular weight excluding hydrogens is 188 g/mol. The highest BCUT2D eigenvalue weighted by atomic mass is 32.2. The SMILES string of the molecule is c1ccc2c(CC3CS3)cccc2c1. The Bertz CT molecular complexity index is 452. The van der Waals surface area contributed by atoms with Gasteiger partial charge in [0.15, 0.2) is 0 Å². The molecule has 2 aromatic carbocycles. The Labute approximate surface area is 88.3 Å². The molecule has 0 nitrogen and oxygen atoms in total. The molecule has 1 atom stereocenters. The van der Waals surface area contributed by atoms with Crippen LogP contribution in [-0.4, -0.2) is 11.0 Å². The van der Waals surface area contributed by atoms with E-state index in [1.165, 1.54) is 28.5 Å². The predicted molar refractivity (Wildman–Crippen MR) is 63.9 cm³/mol. The molecule has 0 aromatic heterocycles. The van der Waals surface area contributed by atoms with Gasteiger partial charge in [0.2, 0.25) is 0 Å². The molecule has 0 amide bonds. The summed E-state index contributed by atoms with van der Waals surface area (Å²) in [7, 11) is 0. The molecule has 70 valence electrons. The predicted octanol–water partition coefficient (Wildman–Crippen LogP) is 3.50. The summed E-state index contributed by atoms with van der Waals surface area (Å²) in [5, 5.41) is 3.69. The van der Waals surface area contributed by atoms with Gasteiger partial charge in [0.25, 0.3) is 0 Å². The number of fused-ring (bicyclic) bond motifs is 1. The Morgan fingerprint density at radius 1 is 1.07 bits per heavy atom. The summed E-state index contributed by atoms with van der Waals surface area (Å²) in [5.41, 5.74) is 1.51. The van der Waals surface area contributed by atoms with Crippen LogP contribution < -0.4 is 0 Å². The highest BCUT2D eigenvalue weighted by molar-refractivity contribution is 8.06. The molecule has 1 aliphatic heterocycles. The molecule has 0 radical (unpaired) electrons. The third-order valence-electron chi connectivity index (χ3n) is 2.73. The molecular formula is C13H12S. The normalized spacial score (nSPS) is 19.9. The fourth-order valence-electron chi connectivity index (χ4n) is 1.90. The maximum absolute atomic E-state index is 2.27. The van der Waals surface area contributed by atoms with Crippen molar-refractivity contribution >= 4 is 22.5 Å². The van der Waals surface area contributed by atoms with E-state index in [4.69, 9.17) is 0 Å². The van der Waals surface area contributed by atoms with E-state index >= 15 is 0 Å². The molecule has 14 heavy (non-hydrogen) atoms. The van der Waals surface area contributed by atoms with E-state index in [1.807, 2.05) is 0 Å². The molecule has 1 aliphatic rings. The molecule has 3 rings (SSSR count). The van der Waals surface area contributed by atoms with Crippen molar-refractivity contribution in [3.63, 3.8) is 0 Å². The van der Waals surface area contributed by atoms with Gasteiger partial charge in [-0.1, -0.05) is 42.5 Å². The lowest BCUT2D eigenvalue weighted by molar-refractivity contribution is 1.04. The monoisotopic (exact) mass is 200 g/mol. The van der Waals surface area contributed by atoms with Gasteiger partial charge in [0, 0.05) is 11.0 Å². The van der Waals surface area contributed by atoms with Crippen LogP contribution in [0, 0.1) is 0 Å². The molecule has 2 aromatic rings. The van der Waals surface area contributed by atoms with Gasteiger partial charge in [0.1, 0.15) is 0 Å². The maximum Gasteiger partial charge on any atom is 0.0179 e. The smallest absolute Gasteiger partial charge is 0.0179 e. The van der Waals surface area contributed by atoms with Crippen molar-refractivity contribution in [2.75, 3.05) is 5.75 Å². The first-order valence-corrected chi connectivity index (χ1v) is 6.06. The Hall–Kier alpha value is -0.950. The molecule has 1 saturated heterocycles. The largest absolute Gasteiger partial charge is 0.156 e. The summed E-state index contributed by atoms with van der Waals surface area (Å²) in [5.74, 6) is 1.35. The van der Waals surface area contributed by atoms with E-state index in [9.17, 15) is 0 Å². The first-order valence-electron chi connectivity index (χ1n) is 5.02. The summed E-state index contributed by atoms with van der Waals surface area (Å²) in [4.78, 5) is 0. The van der Waals surface area contributed by atoms with Gasteiger partial charge in [-0.3, -0.25) is 0 Å². The van der Waals surface area contributed by atoms with Crippen molar-refractivity contribution in [1.82, 2.24) is 0 Å². The van der Waals surface area contributed by atoms with Gasteiger partial charge in [-0.25, -0.2) is 0 Å². The fourth-order valence-corrected chi connectivity index (χ4v) is 2.45. The lowest BCUT2D eigenvalue weighted by Crippen LogP contribution is -1.92. The van der Waals surface area contributed by atoms with E-state index in [0.29, 0.717) is 0 Å². The van der Waals surface area contributed by atoms with Crippen LogP contribution in [0.4, 0.5) is 0 Å². The molecule has 0 spiro atoms. The van der Waals surface area contributed by atoms with Crippen LogP contribution in [-0.2, 0) is 6.42 Å². The van der Waals surface area contributed by atoms with E-state index in [2.05, 4.69) is 54.2 Å². The molecule has 1 heterocycles. The summed E-state index contributed by atoms with van der Waals surface area (Å²) in [6.07, 6.45) is 1.24. The number of hydrogen-bond acceptors (Lipinski definition) is 1. The molecule has 0 bridgehead atoms. The average molecular weight is 200 g/mol. The van der Waals surface area contributed by atoms with E-state index in [1.54, 1.807) is 0 Å². The van der Waals surface area contributed by atoms with Crippen molar-refractivity contribution in [3.8, 4) is 0 Å². The number of hydrogen-bond donors (Lipinski definition) is 0. The van der Waals surface area contributed by atoms with Gasteiger partial charge in [-0.2, -0.15) is 11.8 Å². The quantitative estimate of drug-likeness (QED) is 0.669. The summed E-state index contributed by atoms with van der Waals surface area (Å²) in [6, 6.07) is 15.3. The summed E-state index contributed by atoms with van der Waals surface area (Å²) in [6.45, 7) is 0. The third-order valence-corrected chi connectivity index (χ3v) is 3.70. The fraction of sp³-hybridized carbons (Fsp3) is 0.231. The molecule has 0 N–H and O–H groups in total. The van der Waals surface area contributed by atoms with Gasteiger partial charge >= 0.3 is 0 Å². The van der Waals surface area contributed by atoms with Gasteiger partial charge in [0.05, 0.1) is 0 Å². The number of rotatable bonds is 2. The van der Waals surface area contributed by atoms with Crippen LogP contribution in [0.25, 0.3) is 10.8 Å². The van der Waals surface area contributed by atoms with Crippen LogP contribution in [0.3, 0.4) is 0 Å². The number of benzene rings is 2. The maximum atomic E-state index is 2.27. The zero-order chi connectivity index (χ0) is 9.38. The second-order valence-electron chi connectivity index (χ2n) is 3.80. The standard InChI is InChI=1S/C13H12S/c1-2-7-13-10(4-1)5-3-6-11(13)8-12-9-14-12/h1-7,12H,8-9H2. The van der Waals surface area contributed by atoms with Crippen molar-refractivity contribution in [1.29, 1.82) is 0 Å². The molecule has 0 saturated carbocycles. The second-order valence-corrected chi connectivity index (χ2v) is 5.13. The van der Waals surface area contributed by atoms with Crippen molar-refractivity contribution in [3.05, 3.63) is 48.0 Å². The molecule has 1 unspecified atom stereocenters. The van der Waals surface area contributed by atoms with Crippen molar-refractivity contribution in [2.45, 2.75) is 11.7 Å². The molecule has 1 heteroatoms. The minimum Gasteiger partial charge on any atom is -0.156 e.